The molecule has 1 aromatic carbocycles. The number of halogens is 1. The Labute approximate surface area is 176 Å². The number of rotatable bonds is 6. The predicted octanol–water partition coefficient (Wildman–Crippen LogP) is 5.23. The highest BCUT2D eigenvalue weighted by atomic mass is 79.9. The number of ether oxygens (including phenoxy) is 2. The van der Waals surface area contributed by atoms with Gasteiger partial charge in [0.25, 0.3) is 0 Å². The number of carbonyl (C=O) groups excluding carboxylic acids is 2. The van der Waals surface area contributed by atoms with E-state index < -0.39 is 5.97 Å². The van der Waals surface area contributed by atoms with E-state index in [2.05, 4.69) is 21.2 Å². The molecule has 148 valence electrons. The van der Waals surface area contributed by atoms with E-state index in [1.165, 1.54) is 24.5 Å². The molecule has 0 aliphatic heterocycles. The first kappa shape index (κ1) is 20.6. The van der Waals surface area contributed by atoms with Crippen molar-refractivity contribution in [2.75, 3.05) is 19.0 Å². The maximum Gasteiger partial charge on any atom is 0.341 e. The predicted molar refractivity (Wildman–Crippen MR) is 115 cm³/mol. The minimum Gasteiger partial charge on any atom is -0.493 e. The van der Waals surface area contributed by atoms with Crippen molar-refractivity contribution < 1.29 is 19.1 Å². The topological polar surface area (TPSA) is 64.6 Å². The van der Waals surface area contributed by atoms with Crippen LogP contribution in [0.4, 0.5) is 5.00 Å². The van der Waals surface area contributed by atoms with Gasteiger partial charge in [-0.1, -0.05) is 15.9 Å². The number of aryl methyl sites for hydroxylation is 1. The summed E-state index contributed by atoms with van der Waals surface area (Å²) in [7, 11) is 1.36. The van der Waals surface area contributed by atoms with E-state index >= 15 is 0 Å². The highest BCUT2D eigenvalue weighted by Crippen LogP contribution is 2.38. The first-order chi connectivity index (χ1) is 13.5. The molecule has 0 unspecified atom stereocenters. The van der Waals surface area contributed by atoms with Crippen molar-refractivity contribution in [2.45, 2.75) is 32.6 Å². The van der Waals surface area contributed by atoms with Gasteiger partial charge in [-0.15, -0.1) is 11.3 Å². The lowest BCUT2D eigenvalue weighted by Gasteiger charge is -2.11. The van der Waals surface area contributed by atoms with E-state index in [1.807, 2.05) is 25.1 Å². The van der Waals surface area contributed by atoms with Crippen LogP contribution in [-0.4, -0.2) is 25.6 Å². The van der Waals surface area contributed by atoms with Crippen LogP contribution in [0.2, 0.25) is 0 Å². The van der Waals surface area contributed by atoms with E-state index in [0.29, 0.717) is 22.9 Å². The average Bonchev–Trinajstić information content (AvgIpc) is 3.05. The van der Waals surface area contributed by atoms with Crippen molar-refractivity contribution in [1.29, 1.82) is 0 Å². The summed E-state index contributed by atoms with van der Waals surface area (Å²) >= 11 is 4.90. The summed E-state index contributed by atoms with van der Waals surface area (Å²) < 4.78 is 11.4. The number of thiophene rings is 1. The van der Waals surface area contributed by atoms with Crippen molar-refractivity contribution in [3.05, 3.63) is 50.3 Å². The largest absolute Gasteiger partial charge is 0.493 e. The van der Waals surface area contributed by atoms with Crippen LogP contribution in [-0.2, 0) is 22.4 Å². The van der Waals surface area contributed by atoms with Crippen LogP contribution >= 0.6 is 27.3 Å². The van der Waals surface area contributed by atoms with Gasteiger partial charge in [0.15, 0.2) is 0 Å². The lowest BCUT2D eigenvalue weighted by atomic mass is 9.95. The number of amides is 1. The minimum absolute atomic E-state index is 0.300. The third kappa shape index (κ3) is 4.64. The summed E-state index contributed by atoms with van der Waals surface area (Å²) in [4.78, 5) is 26.0. The molecular formula is C21H22BrNO4S. The Morgan fingerprint density at radius 3 is 2.82 bits per heavy atom. The fraction of sp³-hybridized carbons (Fsp3) is 0.333. The average molecular weight is 464 g/mol. The molecule has 5 nitrogen and oxygen atoms in total. The Morgan fingerprint density at radius 1 is 1.29 bits per heavy atom. The smallest absolute Gasteiger partial charge is 0.341 e. The fourth-order valence-electron chi connectivity index (χ4n) is 3.23. The van der Waals surface area contributed by atoms with Crippen molar-refractivity contribution in [1.82, 2.24) is 0 Å². The van der Waals surface area contributed by atoms with Gasteiger partial charge < -0.3 is 14.8 Å². The second kappa shape index (κ2) is 9.39. The molecule has 3 rings (SSSR count). The minimum atomic E-state index is -0.399. The van der Waals surface area contributed by atoms with Crippen molar-refractivity contribution in [2.24, 2.45) is 0 Å². The Kier molecular flexibility index (Phi) is 6.91. The van der Waals surface area contributed by atoms with Gasteiger partial charge in [-0.2, -0.15) is 0 Å². The van der Waals surface area contributed by atoms with Crippen LogP contribution in [0.25, 0.3) is 6.08 Å². The van der Waals surface area contributed by atoms with Crippen LogP contribution in [0.5, 0.6) is 5.75 Å². The monoisotopic (exact) mass is 463 g/mol. The maximum absolute atomic E-state index is 12.5. The van der Waals surface area contributed by atoms with Gasteiger partial charge in [0, 0.05) is 21.0 Å². The van der Waals surface area contributed by atoms with Gasteiger partial charge in [-0.25, -0.2) is 4.79 Å². The summed E-state index contributed by atoms with van der Waals surface area (Å²) in [6.07, 6.45) is 7.08. The number of fused-ring (bicyclic) bond motifs is 1. The molecule has 1 N–H and O–H groups in total. The van der Waals surface area contributed by atoms with Gasteiger partial charge in [0.1, 0.15) is 10.8 Å². The van der Waals surface area contributed by atoms with E-state index in [1.54, 1.807) is 6.08 Å². The number of anilines is 1. The summed E-state index contributed by atoms with van der Waals surface area (Å²) in [5.74, 6) is 0.00654. The maximum atomic E-state index is 12.5. The Hall–Kier alpha value is -2.12. The molecule has 7 heteroatoms. The third-order valence-corrected chi connectivity index (χ3v) is 6.18. The molecule has 0 atom stereocenters. The molecular weight excluding hydrogens is 442 g/mol. The van der Waals surface area contributed by atoms with Crippen molar-refractivity contribution in [3.63, 3.8) is 0 Å². The number of carbonyl (C=O) groups is 2. The fourth-order valence-corrected chi connectivity index (χ4v) is 4.89. The van der Waals surface area contributed by atoms with E-state index in [0.717, 1.165) is 46.2 Å². The van der Waals surface area contributed by atoms with Gasteiger partial charge in [0.2, 0.25) is 5.91 Å². The van der Waals surface area contributed by atoms with Crippen LogP contribution in [0.15, 0.2) is 28.7 Å². The quantitative estimate of drug-likeness (QED) is 0.470. The van der Waals surface area contributed by atoms with Crippen molar-refractivity contribution >= 4 is 50.2 Å². The number of nitrogens with one attached hydrogen (secondary N) is 1. The molecule has 1 heterocycles. The zero-order chi connectivity index (χ0) is 20.1. The van der Waals surface area contributed by atoms with Crippen molar-refractivity contribution in [3.8, 4) is 5.75 Å². The van der Waals surface area contributed by atoms with E-state index in [4.69, 9.17) is 9.47 Å². The first-order valence-corrected chi connectivity index (χ1v) is 10.8. The number of methoxy groups -OCH3 is 1. The molecule has 0 fully saturated rings. The molecule has 0 saturated carbocycles. The summed E-state index contributed by atoms with van der Waals surface area (Å²) in [6.45, 7) is 2.45. The van der Waals surface area contributed by atoms with Crippen LogP contribution in [0.3, 0.4) is 0 Å². The number of hydrogen-bond acceptors (Lipinski definition) is 5. The lowest BCUT2D eigenvalue weighted by molar-refractivity contribution is -0.111. The van der Waals surface area contributed by atoms with Gasteiger partial charge in [-0.05, 0) is 62.4 Å². The highest BCUT2D eigenvalue weighted by Gasteiger charge is 2.26. The molecule has 1 aliphatic carbocycles. The third-order valence-electron chi connectivity index (χ3n) is 4.48. The van der Waals surface area contributed by atoms with E-state index in [9.17, 15) is 9.59 Å². The molecule has 1 aromatic heterocycles. The zero-order valence-electron chi connectivity index (χ0n) is 15.8. The molecule has 0 saturated heterocycles. The summed E-state index contributed by atoms with van der Waals surface area (Å²) in [6, 6.07) is 5.63. The Bertz CT molecular complexity index is 919. The van der Waals surface area contributed by atoms with Crippen LogP contribution in [0.1, 0.15) is 46.1 Å². The molecule has 0 spiro atoms. The molecule has 1 aliphatic rings. The number of benzene rings is 1. The van der Waals surface area contributed by atoms with Gasteiger partial charge in [-0.3, -0.25) is 4.79 Å². The SMILES string of the molecule is CCOc1ccc(Br)cc1C=CC(=O)Nc1sc2c(c1C(=O)OC)CCCC2. The molecule has 0 bridgehead atoms. The molecule has 0 radical (unpaired) electrons. The van der Waals surface area contributed by atoms with Crippen LogP contribution in [0, 0.1) is 0 Å². The van der Waals surface area contributed by atoms with Gasteiger partial charge in [0.05, 0.1) is 19.3 Å². The number of esters is 1. The molecule has 1 amide bonds. The second-order valence-electron chi connectivity index (χ2n) is 6.34. The van der Waals surface area contributed by atoms with Gasteiger partial charge >= 0.3 is 5.97 Å². The summed E-state index contributed by atoms with van der Waals surface area (Å²) in [5, 5.41) is 3.42. The first-order valence-electron chi connectivity index (χ1n) is 9.17. The second-order valence-corrected chi connectivity index (χ2v) is 8.37. The highest BCUT2D eigenvalue weighted by molar-refractivity contribution is 9.10. The zero-order valence-corrected chi connectivity index (χ0v) is 18.2. The standard InChI is InChI=1S/C21H22BrNO4S/c1-3-27-16-10-9-14(22)12-13(16)8-11-18(24)23-20-19(21(25)26-2)15-6-4-5-7-17(15)28-20/h8-12H,3-7H2,1-2H3,(H,23,24). The number of hydrogen-bond donors (Lipinski definition) is 1. The summed E-state index contributed by atoms with van der Waals surface area (Å²) in [5.41, 5.74) is 2.32. The Morgan fingerprint density at radius 2 is 2.07 bits per heavy atom. The van der Waals surface area contributed by atoms with E-state index in [-0.39, 0.29) is 5.91 Å². The lowest BCUT2D eigenvalue weighted by Crippen LogP contribution is -2.13. The normalized spacial score (nSPS) is 13.2. The molecule has 28 heavy (non-hydrogen) atoms. The Balaban J connectivity index is 1.82. The molecule has 2 aromatic rings. The van der Waals surface area contributed by atoms with Crippen LogP contribution < -0.4 is 10.1 Å².